The zero-order valence-corrected chi connectivity index (χ0v) is 16.5. The van der Waals surface area contributed by atoms with Gasteiger partial charge in [-0.1, -0.05) is 0 Å². The van der Waals surface area contributed by atoms with Gasteiger partial charge >= 0.3 is 0 Å². The molecule has 0 N–H and O–H groups in total. The largest absolute Gasteiger partial charge is 0.316 e. The fourth-order valence-electron chi connectivity index (χ4n) is 0.760. The average Bonchev–Trinajstić information content (AvgIpc) is 2.40. The molecule has 0 aromatic heterocycles. The molecule has 0 rings (SSSR count). The Hall–Kier alpha value is 2.60. The molecule has 11 heteroatoms. The standard InChI is InChI=1S/C8H12Cl7O2PS/c9-1-5(11)7(13)3-16-18(15,19)17-4-8(14)6(12)2-10/h5-8H,1-4H2. The molecule has 0 aliphatic carbocycles. The highest BCUT2D eigenvalue weighted by atomic mass is 35.7. The lowest BCUT2D eigenvalue weighted by atomic mass is 10.3. The first-order valence-corrected chi connectivity index (χ1v) is 11.4. The second kappa shape index (κ2) is 11.2. The number of rotatable bonds is 10. The van der Waals surface area contributed by atoms with Crippen LogP contribution in [0.5, 0.6) is 0 Å². The maximum atomic E-state index is 5.93. The van der Waals surface area contributed by atoms with E-state index in [-0.39, 0.29) is 25.0 Å². The molecule has 0 amide bonds. The van der Waals surface area contributed by atoms with Crippen molar-refractivity contribution in [3.05, 3.63) is 0 Å². The molecule has 0 aromatic carbocycles. The van der Waals surface area contributed by atoms with Crippen LogP contribution in [0.4, 0.5) is 0 Å². The molecule has 4 atom stereocenters. The molecule has 0 fully saturated rings. The summed E-state index contributed by atoms with van der Waals surface area (Å²) in [5.41, 5.74) is 0. The van der Waals surface area contributed by atoms with Crippen molar-refractivity contribution >= 4 is 98.5 Å². The Morgan fingerprint density at radius 2 is 1.11 bits per heavy atom. The van der Waals surface area contributed by atoms with E-state index in [2.05, 4.69) is 0 Å². The fraction of sp³-hybridized carbons (Fsp3) is 1.00. The van der Waals surface area contributed by atoms with Crippen LogP contribution in [0.3, 0.4) is 0 Å². The minimum Gasteiger partial charge on any atom is -0.316 e. The van der Waals surface area contributed by atoms with Crippen molar-refractivity contribution in [2.75, 3.05) is 25.0 Å². The van der Waals surface area contributed by atoms with Gasteiger partial charge in [0.15, 0.2) is 0 Å². The van der Waals surface area contributed by atoms with Gasteiger partial charge in [-0.25, -0.2) is 0 Å². The summed E-state index contributed by atoms with van der Waals surface area (Å²) in [7, 11) is 0. The quantitative estimate of drug-likeness (QED) is 0.328. The predicted molar refractivity (Wildman–Crippen MR) is 92.0 cm³/mol. The Labute approximate surface area is 153 Å². The lowest BCUT2D eigenvalue weighted by Crippen LogP contribution is -2.23. The van der Waals surface area contributed by atoms with Gasteiger partial charge in [0.2, 0.25) is 0 Å². The van der Waals surface area contributed by atoms with Crippen molar-refractivity contribution in [2.45, 2.75) is 21.5 Å². The predicted octanol–water partition coefficient (Wildman–Crippen LogP) is 5.39. The summed E-state index contributed by atoms with van der Waals surface area (Å²) in [5, 5.41) is -1.92. The molecule has 0 spiro atoms. The number of hydrogen-bond donors (Lipinski definition) is 0. The van der Waals surface area contributed by atoms with E-state index in [9.17, 15) is 0 Å². The lowest BCUT2D eigenvalue weighted by Gasteiger charge is -2.21. The van der Waals surface area contributed by atoms with Crippen LogP contribution in [0.15, 0.2) is 0 Å². The number of alkyl halides is 6. The monoisotopic (exact) mass is 448 g/mol. The summed E-state index contributed by atoms with van der Waals surface area (Å²) >= 11 is 45.5. The maximum absolute atomic E-state index is 5.93. The van der Waals surface area contributed by atoms with Crippen molar-refractivity contribution in [2.24, 2.45) is 0 Å². The van der Waals surface area contributed by atoms with Crippen LogP contribution in [-0.2, 0) is 20.9 Å². The highest BCUT2D eigenvalue weighted by Gasteiger charge is 2.24. The normalized spacial score (nSPS) is 21.4. The smallest absolute Gasteiger partial charge is 0.281 e. The summed E-state index contributed by atoms with van der Waals surface area (Å²) < 4.78 is 10.5. The topological polar surface area (TPSA) is 18.5 Å². The van der Waals surface area contributed by atoms with Crippen LogP contribution in [0.25, 0.3) is 0 Å². The average molecular weight is 451 g/mol. The Balaban J connectivity index is 4.08. The van der Waals surface area contributed by atoms with E-state index >= 15 is 0 Å². The molecule has 0 heterocycles. The summed E-state index contributed by atoms with van der Waals surface area (Å²) in [5.74, 6) is -2.58. The molecule has 0 saturated heterocycles. The van der Waals surface area contributed by atoms with Crippen LogP contribution in [0.1, 0.15) is 0 Å². The Kier molecular flexibility index (Phi) is 12.7. The Morgan fingerprint density at radius 3 is 1.37 bits per heavy atom. The fourth-order valence-corrected chi connectivity index (χ4v) is 3.45. The first-order valence-electron chi connectivity index (χ1n) is 5.00. The highest BCUT2D eigenvalue weighted by Crippen LogP contribution is 2.54. The molecule has 0 aliphatic rings. The Bertz CT molecular complexity index is 274. The van der Waals surface area contributed by atoms with E-state index in [4.69, 9.17) is 102 Å². The summed E-state index contributed by atoms with van der Waals surface area (Å²) in [6.45, 7) is 0.0754. The third kappa shape index (κ3) is 10.1. The number of hydrogen-bond acceptors (Lipinski definition) is 3. The van der Waals surface area contributed by atoms with Gasteiger partial charge in [-0.2, -0.15) is 0 Å². The van der Waals surface area contributed by atoms with Gasteiger partial charge in [-0.05, 0) is 23.0 Å². The summed E-state index contributed by atoms with van der Waals surface area (Å²) in [6.07, 6.45) is 0. The van der Waals surface area contributed by atoms with Gasteiger partial charge in [-0.15, -0.1) is 69.6 Å². The molecule has 19 heavy (non-hydrogen) atoms. The van der Waals surface area contributed by atoms with E-state index in [0.29, 0.717) is 0 Å². The first-order chi connectivity index (χ1) is 8.73. The number of halogens is 7. The Morgan fingerprint density at radius 1 is 0.789 bits per heavy atom. The van der Waals surface area contributed by atoms with Crippen molar-refractivity contribution in [3.63, 3.8) is 0 Å². The molecular formula is C8H12Cl7O2PS. The minimum atomic E-state index is -2.97. The van der Waals surface area contributed by atoms with Gasteiger partial charge in [-0.3, -0.25) is 0 Å². The summed E-state index contributed by atoms with van der Waals surface area (Å²) in [6, 6.07) is 0. The SMILES string of the molecule is S=P(Cl)(OCC(Cl)C(Cl)CCl)OCC(Cl)C(Cl)CCl. The maximum Gasteiger partial charge on any atom is 0.281 e. The lowest BCUT2D eigenvalue weighted by molar-refractivity contribution is 0.256. The van der Waals surface area contributed by atoms with E-state index in [1.807, 2.05) is 0 Å². The zero-order chi connectivity index (χ0) is 15.1. The van der Waals surface area contributed by atoms with E-state index in [1.165, 1.54) is 0 Å². The van der Waals surface area contributed by atoms with Crippen molar-refractivity contribution < 1.29 is 9.05 Å². The van der Waals surface area contributed by atoms with Crippen LogP contribution in [0, 0.1) is 0 Å². The van der Waals surface area contributed by atoms with Crippen molar-refractivity contribution in [1.82, 2.24) is 0 Å². The van der Waals surface area contributed by atoms with E-state index in [0.717, 1.165) is 0 Å². The van der Waals surface area contributed by atoms with Crippen LogP contribution >= 0.6 is 86.7 Å². The van der Waals surface area contributed by atoms with Gasteiger partial charge in [0.25, 0.3) is 5.84 Å². The third-order valence-electron chi connectivity index (χ3n) is 1.86. The van der Waals surface area contributed by atoms with Crippen LogP contribution in [-0.4, -0.2) is 46.5 Å². The molecule has 116 valence electrons. The second-order valence-corrected chi connectivity index (χ2v) is 11.0. The van der Waals surface area contributed by atoms with Crippen LogP contribution < -0.4 is 0 Å². The molecule has 2 nitrogen and oxygen atoms in total. The molecule has 0 aliphatic heterocycles. The molecule has 0 saturated carbocycles. The van der Waals surface area contributed by atoms with Crippen LogP contribution in [0.2, 0.25) is 0 Å². The minimum absolute atomic E-state index is 0.0377. The van der Waals surface area contributed by atoms with Gasteiger partial charge in [0, 0.05) is 11.8 Å². The third-order valence-corrected chi connectivity index (χ3v) is 7.00. The highest BCUT2D eigenvalue weighted by molar-refractivity contribution is 8.22. The second-order valence-electron chi connectivity index (χ2n) is 3.39. The molecular weight excluding hydrogens is 439 g/mol. The molecule has 0 radical (unpaired) electrons. The first kappa shape index (κ1) is 21.6. The van der Waals surface area contributed by atoms with Gasteiger partial charge in [0.1, 0.15) is 0 Å². The van der Waals surface area contributed by atoms with Crippen molar-refractivity contribution in [1.29, 1.82) is 0 Å². The molecule has 4 unspecified atom stereocenters. The van der Waals surface area contributed by atoms with Crippen molar-refractivity contribution in [3.8, 4) is 0 Å². The van der Waals surface area contributed by atoms with E-state index < -0.39 is 27.4 Å². The van der Waals surface area contributed by atoms with Gasteiger partial charge < -0.3 is 9.05 Å². The molecule has 0 aromatic rings. The zero-order valence-electron chi connectivity index (χ0n) is 9.46. The van der Waals surface area contributed by atoms with Gasteiger partial charge in [0.05, 0.1) is 34.7 Å². The molecule has 0 bridgehead atoms. The van der Waals surface area contributed by atoms with E-state index in [1.54, 1.807) is 0 Å². The summed E-state index contributed by atoms with van der Waals surface area (Å²) in [4.78, 5) is 0.